The molecule has 0 spiro atoms. The molecule has 1 amide bonds. The van der Waals surface area contributed by atoms with Gasteiger partial charge >= 0.3 is 5.97 Å². The van der Waals surface area contributed by atoms with Crippen LogP contribution in [0.5, 0.6) is 0 Å². The van der Waals surface area contributed by atoms with Crippen LogP contribution >= 0.6 is 0 Å². The van der Waals surface area contributed by atoms with Gasteiger partial charge in [0.2, 0.25) is 0 Å². The SMILES string of the molecule is Cc1cc(C(=O)N[C@H](C)C(=O)O)c2c(C)[nH]nc2n1. The first-order valence-corrected chi connectivity index (χ1v) is 5.76. The number of nitrogens with zero attached hydrogens (tertiary/aromatic N) is 2. The number of pyridine rings is 1. The quantitative estimate of drug-likeness (QED) is 0.757. The number of hydrogen-bond acceptors (Lipinski definition) is 4. The van der Waals surface area contributed by atoms with Crippen LogP contribution in [0.3, 0.4) is 0 Å². The van der Waals surface area contributed by atoms with Crippen molar-refractivity contribution in [3.05, 3.63) is 23.0 Å². The minimum atomic E-state index is -1.08. The third-order valence-corrected chi connectivity index (χ3v) is 2.80. The Morgan fingerprint density at radius 2 is 2.11 bits per heavy atom. The second-order valence-electron chi connectivity index (χ2n) is 4.39. The summed E-state index contributed by atoms with van der Waals surface area (Å²) in [5, 5.41) is 18.6. The van der Waals surface area contributed by atoms with E-state index in [-0.39, 0.29) is 0 Å². The first-order valence-electron chi connectivity index (χ1n) is 5.76. The van der Waals surface area contributed by atoms with Crippen molar-refractivity contribution in [2.75, 3.05) is 0 Å². The lowest BCUT2D eigenvalue weighted by atomic mass is 10.1. The molecule has 0 aliphatic heterocycles. The first-order chi connectivity index (χ1) is 8.90. The Balaban J connectivity index is 2.46. The Morgan fingerprint density at radius 1 is 1.42 bits per heavy atom. The molecule has 7 nitrogen and oxygen atoms in total. The molecule has 0 aliphatic carbocycles. The van der Waals surface area contributed by atoms with Crippen LogP contribution in [0.4, 0.5) is 0 Å². The van der Waals surface area contributed by atoms with Crippen LogP contribution in [0.2, 0.25) is 0 Å². The summed E-state index contributed by atoms with van der Waals surface area (Å²) < 4.78 is 0. The second-order valence-corrected chi connectivity index (χ2v) is 4.39. The van der Waals surface area contributed by atoms with Crippen molar-refractivity contribution >= 4 is 22.9 Å². The smallest absolute Gasteiger partial charge is 0.325 e. The predicted molar refractivity (Wildman–Crippen MR) is 67.9 cm³/mol. The third kappa shape index (κ3) is 2.40. The lowest BCUT2D eigenvalue weighted by molar-refractivity contribution is -0.138. The Hall–Kier alpha value is -2.44. The highest BCUT2D eigenvalue weighted by atomic mass is 16.4. The molecule has 0 fully saturated rings. The fraction of sp³-hybridized carbons (Fsp3) is 0.333. The average molecular weight is 262 g/mol. The van der Waals surface area contributed by atoms with Gasteiger partial charge in [-0.25, -0.2) is 4.98 Å². The Labute approximate surface area is 109 Å². The van der Waals surface area contributed by atoms with Crippen LogP contribution in [0.1, 0.15) is 28.7 Å². The number of carboxylic acids is 1. The first kappa shape index (κ1) is 13.0. The fourth-order valence-corrected chi connectivity index (χ4v) is 1.82. The summed E-state index contributed by atoms with van der Waals surface area (Å²) in [5.74, 6) is -1.53. The number of fused-ring (bicyclic) bond motifs is 1. The summed E-state index contributed by atoms with van der Waals surface area (Å²) in [4.78, 5) is 27.1. The molecule has 3 N–H and O–H groups in total. The van der Waals surface area contributed by atoms with E-state index in [0.29, 0.717) is 22.3 Å². The molecule has 19 heavy (non-hydrogen) atoms. The molecule has 2 aromatic heterocycles. The van der Waals surface area contributed by atoms with Crippen molar-refractivity contribution in [3.63, 3.8) is 0 Å². The Morgan fingerprint density at radius 3 is 2.74 bits per heavy atom. The summed E-state index contributed by atoms with van der Waals surface area (Å²) in [6.45, 7) is 4.94. The number of amides is 1. The number of rotatable bonds is 3. The van der Waals surface area contributed by atoms with Crippen molar-refractivity contribution in [2.24, 2.45) is 0 Å². The number of nitrogens with one attached hydrogen (secondary N) is 2. The van der Waals surface area contributed by atoms with E-state index in [2.05, 4.69) is 20.5 Å². The van der Waals surface area contributed by atoms with Crippen LogP contribution < -0.4 is 5.32 Å². The molecule has 1 atom stereocenters. The van der Waals surface area contributed by atoms with Gasteiger partial charge in [0.25, 0.3) is 5.91 Å². The molecule has 0 bridgehead atoms. The Bertz CT molecular complexity index is 662. The molecule has 0 aliphatic rings. The summed E-state index contributed by atoms with van der Waals surface area (Å²) in [7, 11) is 0. The topological polar surface area (TPSA) is 108 Å². The van der Waals surface area contributed by atoms with Gasteiger partial charge in [-0.3, -0.25) is 14.7 Å². The third-order valence-electron chi connectivity index (χ3n) is 2.80. The molecule has 2 rings (SSSR count). The van der Waals surface area contributed by atoms with E-state index >= 15 is 0 Å². The molecule has 0 saturated carbocycles. The molecule has 2 aromatic rings. The van der Waals surface area contributed by atoms with Gasteiger partial charge in [0.05, 0.1) is 10.9 Å². The lowest BCUT2D eigenvalue weighted by Gasteiger charge is -2.10. The molecule has 7 heteroatoms. The van der Waals surface area contributed by atoms with Gasteiger partial charge in [0.1, 0.15) is 6.04 Å². The van der Waals surface area contributed by atoms with Crippen molar-refractivity contribution in [1.29, 1.82) is 0 Å². The number of H-pyrrole nitrogens is 1. The number of aromatic amines is 1. The van der Waals surface area contributed by atoms with Gasteiger partial charge < -0.3 is 10.4 Å². The number of aliphatic carboxylic acids is 1. The summed E-state index contributed by atoms with van der Waals surface area (Å²) in [6.07, 6.45) is 0. The lowest BCUT2D eigenvalue weighted by Crippen LogP contribution is -2.38. The number of carboxylic acid groups (broad SMARTS) is 1. The number of aryl methyl sites for hydroxylation is 2. The molecular formula is C12H14N4O3. The predicted octanol–water partition coefficient (Wildman–Crippen LogP) is 0.778. The van der Waals surface area contributed by atoms with Crippen molar-refractivity contribution in [3.8, 4) is 0 Å². The van der Waals surface area contributed by atoms with Crippen LogP contribution in [-0.2, 0) is 4.79 Å². The highest BCUT2D eigenvalue weighted by Crippen LogP contribution is 2.19. The van der Waals surface area contributed by atoms with E-state index in [4.69, 9.17) is 5.11 Å². The van der Waals surface area contributed by atoms with Crippen LogP contribution in [0, 0.1) is 13.8 Å². The van der Waals surface area contributed by atoms with Crippen molar-refractivity contribution in [2.45, 2.75) is 26.8 Å². The van der Waals surface area contributed by atoms with Gasteiger partial charge in [0, 0.05) is 11.4 Å². The highest BCUT2D eigenvalue weighted by molar-refractivity contribution is 6.07. The zero-order valence-corrected chi connectivity index (χ0v) is 10.8. The van der Waals surface area contributed by atoms with Crippen molar-refractivity contribution < 1.29 is 14.7 Å². The van der Waals surface area contributed by atoms with E-state index in [1.54, 1.807) is 19.9 Å². The summed E-state index contributed by atoms with van der Waals surface area (Å²) in [6, 6.07) is 0.664. The Kier molecular flexibility index (Phi) is 3.20. The number of aromatic nitrogens is 3. The normalized spacial score (nSPS) is 12.4. The number of carbonyl (C=O) groups is 2. The fourth-order valence-electron chi connectivity index (χ4n) is 1.82. The molecule has 0 unspecified atom stereocenters. The zero-order valence-electron chi connectivity index (χ0n) is 10.8. The monoisotopic (exact) mass is 262 g/mol. The van der Waals surface area contributed by atoms with E-state index in [1.165, 1.54) is 6.92 Å². The van der Waals surface area contributed by atoms with E-state index in [1.807, 2.05) is 0 Å². The second kappa shape index (κ2) is 4.68. The molecule has 0 saturated heterocycles. The van der Waals surface area contributed by atoms with Gasteiger partial charge in [-0.15, -0.1) is 0 Å². The van der Waals surface area contributed by atoms with Crippen LogP contribution in [-0.4, -0.2) is 38.2 Å². The van der Waals surface area contributed by atoms with Gasteiger partial charge in [-0.05, 0) is 26.8 Å². The van der Waals surface area contributed by atoms with E-state index in [0.717, 1.165) is 5.69 Å². The average Bonchev–Trinajstić information content (AvgIpc) is 2.69. The van der Waals surface area contributed by atoms with Crippen LogP contribution in [0.25, 0.3) is 11.0 Å². The highest BCUT2D eigenvalue weighted by Gasteiger charge is 2.20. The van der Waals surface area contributed by atoms with Gasteiger partial charge in [-0.1, -0.05) is 0 Å². The minimum absolute atomic E-state index is 0.377. The maximum absolute atomic E-state index is 12.1. The summed E-state index contributed by atoms with van der Waals surface area (Å²) >= 11 is 0. The molecule has 100 valence electrons. The largest absolute Gasteiger partial charge is 0.480 e. The maximum Gasteiger partial charge on any atom is 0.325 e. The van der Waals surface area contributed by atoms with Gasteiger partial charge in [-0.2, -0.15) is 5.10 Å². The van der Waals surface area contributed by atoms with E-state index in [9.17, 15) is 9.59 Å². The van der Waals surface area contributed by atoms with Crippen molar-refractivity contribution in [1.82, 2.24) is 20.5 Å². The van der Waals surface area contributed by atoms with E-state index < -0.39 is 17.9 Å². The number of hydrogen-bond donors (Lipinski definition) is 3. The summed E-state index contributed by atoms with van der Waals surface area (Å²) in [5.41, 5.74) is 2.19. The minimum Gasteiger partial charge on any atom is -0.480 e. The molecule has 0 aromatic carbocycles. The molecule has 0 radical (unpaired) electrons. The van der Waals surface area contributed by atoms with Crippen LogP contribution in [0.15, 0.2) is 6.07 Å². The maximum atomic E-state index is 12.1. The zero-order chi connectivity index (χ0) is 14.2. The molecular weight excluding hydrogens is 248 g/mol. The standard InChI is InChI=1S/C12H14N4O3/c1-5-4-8(11(17)14-7(3)12(18)19)9-6(2)15-16-10(9)13-5/h4,7H,1-3H3,(H,14,17)(H,18,19)(H,13,15,16)/t7-/m1/s1. The molecule has 2 heterocycles. The van der Waals surface area contributed by atoms with Gasteiger partial charge in [0.15, 0.2) is 5.65 Å². The number of carbonyl (C=O) groups excluding carboxylic acids is 1.